The Kier molecular flexibility index (Phi) is 5.12. The standard InChI is InChI=1S/C16H22N2O2.ClH/c1-11-5-6-14-15(9-11)20-8-7-18(14)16(19)10-12-3-2-4-13(12)17;/h5-6,9,12-13H,2-4,7-8,10,17H2,1H3;1H/t12-,13+;/m0./s1. The van der Waals surface area contributed by atoms with Gasteiger partial charge < -0.3 is 15.4 Å². The van der Waals surface area contributed by atoms with Crippen molar-refractivity contribution in [1.29, 1.82) is 0 Å². The number of hydrogen-bond donors (Lipinski definition) is 1. The van der Waals surface area contributed by atoms with Gasteiger partial charge in [-0.1, -0.05) is 12.5 Å². The molecule has 0 saturated heterocycles. The lowest BCUT2D eigenvalue weighted by atomic mass is 9.99. The summed E-state index contributed by atoms with van der Waals surface area (Å²) in [5.74, 6) is 1.35. The van der Waals surface area contributed by atoms with Gasteiger partial charge in [0.1, 0.15) is 12.4 Å². The molecule has 0 radical (unpaired) electrons. The highest BCUT2D eigenvalue weighted by Crippen LogP contribution is 2.34. The molecule has 1 aliphatic carbocycles. The summed E-state index contributed by atoms with van der Waals surface area (Å²) < 4.78 is 5.66. The summed E-state index contributed by atoms with van der Waals surface area (Å²) in [6, 6.07) is 6.19. The fourth-order valence-electron chi connectivity index (χ4n) is 3.24. The maximum absolute atomic E-state index is 12.6. The number of anilines is 1. The number of rotatable bonds is 2. The van der Waals surface area contributed by atoms with E-state index in [9.17, 15) is 4.79 Å². The highest BCUT2D eigenvalue weighted by Gasteiger charge is 2.30. The maximum atomic E-state index is 12.6. The topological polar surface area (TPSA) is 55.6 Å². The molecule has 2 aliphatic rings. The number of nitrogens with zero attached hydrogens (tertiary/aromatic N) is 1. The van der Waals surface area contributed by atoms with Gasteiger partial charge in [0, 0.05) is 12.5 Å². The van der Waals surface area contributed by atoms with Crippen LogP contribution < -0.4 is 15.4 Å². The van der Waals surface area contributed by atoms with Gasteiger partial charge in [-0.3, -0.25) is 4.79 Å². The number of halogens is 1. The molecule has 1 aromatic rings. The normalized spacial score (nSPS) is 24.0. The van der Waals surface area contributed by atoms with Crippen LogP contribution in [-0.4, -0.2) is 25.1 Å². The third kappa shape index (κ3) is 3.33. The van der Waals surface area contributed by atoms with Crippen LogP contribution in [0.15, 0.2) is 18.2 Å². The number of benzene rings is 1. The first-order valence-corrected chi connectivity index (χ1v) is 7.44. The van der Waals surface area contributed by atoms with E-state index in [2.05, 4.69) is 0 Å². The Hall–Kier alpha value is -1.26. The van der Waals surface area contributed by atoms with Crippen LogP contribution >= 0.6 is 12.4 Å². The number of nitrogens with two attached hydrogens (primary N) is 1. The molecule has 0 aromatic heterocycles. The Morgan fingerprint density at radius 3 is 2.95 bits per heavy atom. The molecular weight excluding hydrogens is 288 g/mol. The number of aryl methyl sites for hydroxylation is 1. The Morgan fingerprint density at radius 1 is 1.43 bits per heavy atom. The first-order valence-electron chi connectivity index (χ1n) is 7.44. The zero-order valence-corrected chi connectivity index (χ0v) is 13.2. The summed E-state index contributed by atoms with van der Waals surface area (Å²) in [6.07, 6.45) is 3.85. The molecule has 4 nitrogen and oxygen atoms in total. The Bertz CT molecular complexity index is 521. The van der Waals surface area contributed by atoms with E-state index in [0.717, 1.165) is 36.3 Å². The van der Waals surface area contributed by atoms with Crippen molar-refractivity contribution in [2.45, 2.75) is 38.6 Å². The molecule has 1 heterocycles. The second-order valence-electron chi connectivity index (χ2n) is 5.92. The predicted octanol–water partition coefficient (Wildman–Crippen LogP) is 2.66. The molecule has 1 aromatic carbocycles. The van der Waals surface area contributed by atoms with Gasteiger partial charge in [0.25, 0.3) is 0 Å². The van der Waals surface area contributed by atoms with E-state index < -0.39 is 0 Å². The largest absolute Gasteiger partial charge is 0.490 e. The summed E-state index contributed by atoms with van der Waals surface area (Å²) in [5, 5.41) is 0. The van der Waals surface area contributed by atoms with E-state index >= 15 is 0 Å². The molecular formula is C16H23ClN2O2. The second kappa shape index (κ2) is 6.67. The third-order valence-corrected chi connectivity index (χ3v) is 4.43. The molecule has 3 rings (SSSR count). The number of hydrogen-bond acceptors (Lipinski definition) is 3. The summed E-state index contributed by atoms with van der Waals surface area (Å²) in [4.78, 5) is 14.4. The average molecular weight is 311 g/mol. The summed E-state index contributed by atoms with van der Waals surface area (Å²) in [6.45, 7) is 3.23. The van der Waals surface area contributed by atoms with E-state index in [0.29, 0.717) is 25.5 Å². The van der Waals surface area contributed by atoms with Crippen molar-refractivity contribution in [2.75, 3.05) is 18.1 Å². The quantitative estimate of drug-likeness (QED) is 0.913. The second-order valence-corrected chi connectivity index (χ2v) is 5.92. The molecule has 2 N–H and O–H groups in total. The Morgan fingerprint density at radius 2 is 2.24 bits per heavy atom. The molecule has 0 spiro atoms. The van der Waals surface area contributed by atoms with Crippen LogP contribution in [0.5, 0.6) is 5.75 Å². The van der Waals surface area contributed by atoms with Crippen molar-refractivity contribution in [3.8, 4) is 5.75 Å². The third-order valence-electron chi connectivity index (χ3n) is 4.43. The minimum absolute atomic E-state index is 0. The Labute approximate surface area is 132 Å². The minimum atomic E-state index is 0. The van der Waals surface area contributed by atoms with Crippen molar-refractivity contribution in [2.24, 2.45) is 11.7 Å². The van der Waals surface area contributed by atoms with Crippen molar-refractivity contribution >= 4 is 24.0 Å². The van der Waals surface area contributed by atoms with E-state index in [1.165, 1.54) is 0 Å². The SMILES string of the molecule is Cc1ccc2c(c1)OCCN2C(=O)C[C@@H]1CCC[C@H]1N.Cl. The highest BCUT2D eigenvalue weighted by atomic mass is 35.5. The van der Waals surface area contributed by atoms with Crippen LogP contribution in [0.3, 0.4) is 0 Å². The molecule has 0 unspecified atom stereocenters. The molecule has 1 saturated carbocycles. The van der Waals surface area contributed by atoms with Gasteiger partial charge in [-0.05, 0) is 43.4 Å². The van der Waals surface area contributed by atoms with Gasteiger partial charge in [0.05, 0.1) is 12.2 Å². The molecule has 1 amide bonds. The van der Waals surface area contributed by atoms with Gasteiger partial charge in [-0.2, -0.15) is 0 Å². The highest BCUT2D eigenvalue weighted by molar-refractivity contribution is 5.95. The van der Waals surface area contributed by atoms with Crippen molar-refractivity contribution < 1.29 is 9.53 Å². The fourth-order valence-corrected chi connectivity index (χ4v) is 3.24. The lowest BCUT2D eigenvalue weighted by Gasteiger charge is -2.31. The van der Waals surface area contributed by atoms with E-state index in [1.54, 1.807) is 0 Å². The van der Waals surface area contributed by atoms with Crippen molar-refractivity contribution in [3.05, 3.63) is 23.8 Å². The van der Waals surface area contributed by atoms with Crippen LogP contribution in [0.2, 0.25) is 0 Å². The first kappa shape index (κ1) is 16.1. The van der Waals surface area contributed by atoms with E-state index in [1.807, 2.05) is 30.0 Å². The zero-order valence-electron chi connectivity index (χ0n) is 12.4. The van der Waals surface area contributed by atoms with Crippen LogP contribution in [0.25, 0.3) is 0 Å². The van der Waals surface area contributed by atoms with E-state index in [-0.39, 0.29) is 24.4 Å². The summed E-state index contributed by atoms with van der Waals surface area (Å²) >= 11 is 0. The van der Waals surface area contributed by atoms with E-state index in [4.69, 9.17) is 10.5 Å². The molecule has 5 heteroatoms. The minimum Gasteiger partial charge on any atom is -0.490 e. The fraction of sp³-hybridized carbons (Fsp3) is 0.562. The van der Waals surface area contributed by atoms with Crippen LogP contribution in [0, 0.1) is 12.8 Å². The van der Waals surface area contributed by atoms with Crippen LogP contribution in [0.1, 0.15) is 31.2 Å². The number of amides is 1. The van der Waals surface area contributed by atoms with Crippen LogP contribution in [-0.2, 0) is 4.79 Å². The Balaban J connectivity index is 0.00000161. The zero-order chi connectivity index (χ0) is 14.1. The number of fused-ring (bicyclic) bond motifs is 1. The number of ether oxygens (including phenoxy) is 1. The molecule has 116 valence electrons. The summed E-state index contributed by atoms with van der Waals surface area (Å²) in [5.41, 5.74) is 8.13. The lowest BCUT2D eigenvalue weighted by molar-refractivity contribution is -0.119. The maximum Gasteiger partial charge on any atom is 0.227 e. The van der Waals surface area contributed by atoms with Crippen LogP contribution in [0.4, 0.5) is 5.69 Å². The van der Waals surface area contributed by atoms with Gasteiger partial charge >= 0.3 is 0 Å². The number of carbonyl (C=O) groups excluding carboxylic acids is 1. The monoisotopic (exact) mass is 310 g/mol. The van der Waals surface area contributed by atoms with Gasteiger partial charge in [-0.15, -0.1) is 12.4 Å². The molecule has 1 aliphatic heterocycles. The molecule has 21 heavy (non-hydrogen) atoms. The molecule has 1 fully saturated rings. The van der Waals surface area contributed by atoms with Crippen molar-refractivity contribution in [3.63, 3.8) is 0 Å². The predicted molar refractivity (Wildman–Crippen MR) is 86.2 cm³/mol. The average Bonchev–Trinajstić information content (AvgIpc) is 2.83. The molecule has 0 bridgehead atoms. The summed E-state index contributed by atoms with van der Waals surface area (Å²) in [7, 11) is 0. The van der Waals surface area contributed by atoms with Gasteiger partial charge in [0.2, 0.25) is 5.91 Å². The van der Waals surface area contributed by atoms with Gasteiger partial charge in [0.15, 0.2) is 0 Å². The molecule has 2 atom stereocenters. The van der Waals surface area contributed by atoms with Gasteiger partial charge in [-0.25, -0.2) is 0 Å². The van der Waals surface area contributed by atoms with Crippen molar-refractivity contribution in [1.82, 2.24) is 0 Å². The lowest BCUT2D eigenvalue weighted by Crippen LogP contribution is -2.40. The smallest absolute Gasteiger partial charge is 0.227 e. The number of carbonyl (C=O) groups is 1. The first-order chi connectivity index (χ1) is 9.65.